The second kappa shape index (κ2) is 4.67. The van der Waals surface area contributed by atoms with Gasteiger partial charge in [0.05, 0.1) is 0 Å². The molecular weight excluding hydrogens is 194 g/mol. The number of hydrogen-bond donors (Lipinski definition) is 1. The van der Waals surface area contributed by atoms with Gasteiger partial charge in [0.15, 0.2) is 0 Å². The van der Waals surface area contributed by atoms with Crippen LogP contribution in [0.4, 0.5) is 0 Å². The quantitative estimate of drug-likeness (QED) is 0.816. The summed E-state index contributed by atoms with van der Waals surface area (Å²) in [5.41, 5.74) is 8.73. The second-order valence-corrected chi connectivity index (χ2v) is 4.55. The van der Waals surface area contributed by atoms with Gasteiger partial charge in [-0.2, -0.15) is 0 Å². The largest absolute Gasteiger partial charge is 0.322 e. The molecule has 1 aromatic rings. The van der Waals surface area contributed by atoms with E-state index in [4.69, 9.17) is 5.73 Å². The van der Waals surface area contributed by atoms with Gasteiger partial charge in [0.1, 0.15) is 0 Å². The molecule has 2 N–H and O–H groups in total. The maximum Gasteiger partial charge on any atom is 0.0377 e. The fourth-order valence-corrected chi connectivity index (χ4v) is 2.19. The molecule has 0 saturated heterocycles. The molecule has 1 aliphatic rings. The molecule has 0 amide bonds. The van der Waals surface area contributed by atoms with Gasteiger partial charge < -0.3 is 5.73 Å². The Morgan fingerprint density at radius 3 is 2.56 bits per heavy atom. The Labute approximate surface area is 97.7 Å². The van der Waals surface area contributed by atoms with Crippen LogP contribution in [0.3, 0.4) is 0 Å². The summed E-state index contributed by atoms with van der Waals surface area (Å²) < 4.78 is 0. The highest BCUT2D eigenvalue weighted by Gasteiger charge is 2.21. The molecule has 0 heterocycles. The van der Waals surface area contributed by atoms with E-state index in [1.165, 1.54) is 11.1 Å². The van der Waals surface area contributed by atoms with Crippen molar-refractivity contribution >= 4 is 5.57 Å². The van der Waals surface area contributed by atoms with Crippen molar-refractivity contribution in [2.45, 2.75) is 31.7 Å². The average Bonchev–Trinajstić information content (AvgIpc) is 2.31. The summed E-state index contributed by atoms with van der Waals surface area (Å²) in [6, 6.07) is 10.5. The zero-order valence-electron chi connectivity index (χ0n) is 9.82. The minimum Gasteiger partial charge on any atom is -0.322 e. The lowest BCUT2D eigenvalue weighted by molar-refractivity contribution is 0.483. The molecule has 0 fully saturated rings. The van der Waals surface area contributed by atoms with E-state index in [2.05, 4.69) is 49.4 Å². The first-order valence-electron chi connectivity index (χ1n) is 5.97. The molecule has 2 rings (SSSR count). The SMILES string of the molecule is CCCC1(N)C=CC(c2ccccc2)=CC1. The van der Waals surface area contributed by atoms with Crippen molar-refractivity contribution in [3.05, 3.63) is 54.1 Å². The van der Waals surface area contributed by atoms with Gasteiger partial charge in [-0.3, -0.25) is 0 Å². The summed E-state index contributed by atoms with van der Waals surface area (Å²) >= 11 is 0. The van der Waals surface area contributed by atoms with Gasteiger partial charge in [0.2, 0.25) is 0 Å². The molecule has 1 unspecified atom stereocenters. The van der Waals surface area contributed by atoms with Gasteiger partial charge in [-0.05, 0) is 24.0 Å². The van der Waals surface area contributed by atoms with Crippen LogP contribution in [0, 0.1) is 0 Å². The lowest BCUT2D eigenvalue weighted by Gasteiger charge is -2.27. The van der Waals surface area contributed by atoms with Gasteiger partial charge in [0.25, 0.3) is 0 Å². The third kappa shape index (κ3) is 2.42. The summed E-state index contributed by atoms with van der Waals surface area (Å²) in [7, 11) is 0. The summed E-state index contributed by atoms with van der Waals surface area (Å²) in [4.78, 5) is 0. The molecule has 1 aromatic carbocycles. The minimum absolute atomic E-state index is 0.118. The number of allylic oxidation sites excluding steroid dienone is 2. The van der Waals surface area contributed by atoms with Crippen LogP contribution >= 0.6 is 0 Å². The summed E-state index contributed by atoms with van der Waals surface area (Å²) in [6.45, 7) is 2.18. The molecule has 0 spiro atoms. The summed E-state index contributed by atoms with van der Waals surface area (Å²) in [5, 5.41) is 0. The van der Waals surface area contributed by atoms with Crippen LogP contribution in [0.2, 0.25) is 0 Å². The monoisotopic (exact) mass is 213 g/mol. The van der Waals surface area contributed by atoms with Crippen LogP contribution in [-0.4, -0.2) is 5.54 Å². The van der Waals surface area contributed by atoms with Gasteiger partial charge in [-0.1, -0.05) is 61.9 Å². The van der Waals surface area contributed by atoms with Gasteiger partial charge in [0, 0.05) is 5.54 Å². The zero-order chi connectivity index (χ0) is 11.4. The van der Waals surface area contributed by atoms with E-state index in [9.17, 15) is 0 Å². The van der Waals surface area contributed by atoms with Crippen molar-refractivity contribution in [3.63, 3.8) is 0 Å². The molecular formula is C15H19N. The first-order chi connectivity index (χ1) is 7.73. The van der Waals surface area contributed by atoms with E-state index in [1.54, 1.807) is 0 Å². The Hall–Kier alpha value is -1.34. The molecule has 0 aromatic heterocycles. The lowest BCUT2D eigenvalue weighted by Crippen LogP contribution is -2.37. The zero-order valence-corrected chi connectivity index (χ0v) is 9.82. The third-order valence-electron chi connectivity index (χ3n) is 3.12. The van der Waals surface area contributed by atoms with E-state index in [1.807, 2.05) is 6.07 Å². The fourth-order valence-electron chi connectivity index (χ4n) is 2.19. The topological polar surface area (TPSA) is 26.0 Å². The Balaban J connectivity index is 2.14. The highest BCUT2D eigenvalue weighted by atomic mass is 14.7. The predicted octanol–water partition coefficient (Wildman–Crippen LogP) is 3.53. The van der Waals surface area contributed by atoms with E-state index in [0.717, 1.165) is 19.3 Å². The Bertz CT molecular complexity index is 403. The Morgan fingerprint density at radius 2 is 2.00 bits per heavy atom. The molecule has 0 radical (unpaired) electrons. The molecule has 0 bridgehead atoms. The van der Waals surface area contributed by atoms with Crippen molar-refractivity contribution in [1.82, 2.24) is 0 Å². The second-order valence-electron chi connectivity index (χ2n) is 4.55. The van der Waals surface area contributed by atoms with Gasteiger partial charge in [-0.15, -0.1) is 0 Å². The third-order valence-corrected chi connectivity index (χ3v) is 3.12. The van der Waals surface area contributed by atoms with E-state index in [-0.39, 0.29) is 5.54 Å². The van der Waals surface area contributed by atoms with Crippen molar-refractivity contribution in [1.29, 1.82) is 0 Å². The molecule has 1 nitrogen and oxygen atoms in total. The molecule has 84 valence electrons. The van der Waals surface area contributed by atoms with Crippen LogP contribution < -0.4 is 5.73 Å². The molecule has 1 heteroatoms. The van der Waals surface area contributed by atoms with Crippen LogP contribution in [0.25, 0.3) is 5.57 Å². The molecule has 0 saturated carbocycles. The van der Waals surface area contributed by atoms with Gasteiger partial charge in [-0.25, -0.2) is 0 Å². The van der Waals surface area contributed by atoms with Crippen LogP contribution in [0.5, 0.6) is 0 Å². The summed E-state index contributed by atoms with van der Waals surface area (Å²) in [5.74, 6) is 0. The fraction of sp³-hybridized carbons (Fsp3) is 0.333. The van der Waals surface area contributed by atoms with Crippen molar-refractivity contribution in [2.75, 3.05) is 0 Å². The molecule has 1 atom stereocenters. The number of hydrogen-bond acceptors (Lipinski definition) is 1. The smallest absolute Gasteiger partial charge is 0.0377 e. The minimum atomic E-state index is -0.118. The highest BCUT2D eigenvalue weighted by molar-refractivity contribution is 5.75. The van der Waals surface area contributed by atoms with E-state index in [0.29, 0.717) is 0 Å². The molecule has 1 aliphatic carbocycles. The first kappa shape index (κ1) is 11.2. The van der Waals surface area contributed by atoms with Crippen molar-refractivity contribution < 1.29 is 0 Å². The average molecular weight is 213 g/mol. The van der Waals surface area contributed by atoms with Crippen LogP contribution in [0.15, 0.2) is 48.6 Å². The first-order valence-corrected chi connectivity index (χ1v) is 5.97. The van der Waals surface area contributed by atoms with Gasteiger partial charge >= 0.3 is 0 Å². The highest BCUT2D eigenvalue weighted by Crippen LogP contribution is 2.27. The number of rotatable bonds is 3. The van der Waals surface area contributed by atoms with E-state index >= 15 is 0 Å². The maximum absolute atomic E-state index is 6.28. The van der Waals surface area contributed by atoms with Crippen molar-refractivity contribution in [3.8, 4) is 0 Å². The maximum atomic E-state index is 6.28. The standard InChI is InChI=1S/C15H19N/c1-2-10-15(16)11-8-14(9-12-15)13-6-4-3-5-7-13/h3-9,11H,2,10,12,16H2,1H3. The normalized spacial score (nSPS) is 24.2. The number of nitrogens with two attached hydrogens (primary N) is 1. The predicted molar refractivity (Wildman–Crippen MR) is 70.0 cm³/mol. The van der Waals surface area contributed by atoms with E-state index < -0.39 is 0 Å². The Kier molecular flexibility index (Phi) is 3.25. The molecule has 16 heavy (non-hydrogen) atoms. The molecule has 0 aliphatic heterocycles. The Morgan fingerprint density at radius 1 is 1.25 bits per heavy atom. The van der Waals surface area contributed by atoms with Crippen molar-refractivity contribution in [2.24, 2.45) is 5.73 Å². The van der Waals surface area contributed by atoms with Crippen LogP contribution in [-0.2, 0) is 0 Å². The summed E-state index contributed by atoms with van der Waals surface area (Å²) in [6.07, 6.45) is 9.72. The van der Waals surface area contributed by atoms with Crippen LogP contribution in [0.1, 0.15) is 31.7 Å². The number of benzene rings is 1. The lowest BCUT2D eigenvalue weighted by atomic mass is 9.84.